The summed E-state index contributed by atoms with van der Waals surface area (Å²) in [5.74, 6) is -0.319. The van der Waals surface area contributed by atoms with Crippen LogP contribution in [0.25, 0.3) is 0 Å². The third-order valence-electron chi connectivity index (χ3n) is 3.89. The summed E-state index contributed by atoms with van der Waals surface area (Å²) in [4.78, 5) is 0. The lowest BCUT2D eigenvalue weighted by Gasteiger charge is -2.34. The van der Waals surface area contributed by atoms with Crippen molar-refractivity contribution in [1.29, 1.82) is 5.26 Å². The summed E-state index contributed by atoms with van der Waals surface area (Å²) in [7, 11) is 0. The molecule has 20 heavy (non-hydrogen) atoms. The molecule has 0 aromatic heterocycles. The Labute approximate surface area is 117 Å². The molecule has 1 atom stereocenters. The molecule has 0 aliphatic heterocycles. The van der Waals surface area contributed by atoms with Crippen molar-refractivity contribution >= 4 is 5.69 Å². The quantitative estimate of drug-likeness (QED) is 0.899. The van der Waals surface area contributed by atoms with Crippen LogP contribution in [0, 0.1) is 17.1 Å². The molecule has 0 bridgehead atoms. The molecule has 0 amide bonds. The van der Waals surface area contributed by atoms with Crippen molar-refractivity contribution in [2.75, 3.05) is 5.32 Å². The summed E-state index contributed by atoms with van der Waals surface area (Å²) >= 11 is 0. The lowest BCUT2D eigenvalue weighted by atomic mass is 9.78. The average molecular weight is 266 g/mol. The van der Waals surface area contributed by atoms with Gasteiger partial charge in [-0.3, -0.25) is 0 Å². The van der Waals surface area contributed by atoms with Gasteiger partial charge < -0.3 is 5.32 Å². The number of fused-ring (bicyclic) bond motifs is 1. The van der Waals surface area contributed by atoms with Crippen LogP contribution in [-0.4, -0.2) is 5.54 Å². The number of hydrogen-bond donors (Lipinski definition) is 1. The lowest BCUT2D eigenvalue weighted by Crippen LogP contribution is -2.42. The minimum absolute atomic E-state index is 0.319. The minimum Gasteiger partial charge on any atom is -0.365 e. The van der Waals surface area contributed by atoms with Crippen LogP contribution in [0.15, 0.2) is 48.5 Å². The van der Waals surface area contributed by atoms with Crippen LogP contribution < -0.4 is 5.32 Å². The molecule has 2 aromatic carbocycles. The number of rotatable bonds is 2. The van der Waals surface area contributed by atoms with Crippen molar-refractivity contribution < 1.29 is 4.39 Å². The van der Waals surface area contributed by atoms with Crippen LogP contribution >= 0.6 is 0 Å². The molecule has 1 unspecified atom stereocenters. The predicted octanol–water partition coefficient (Wildman–Crippen LogP) is 3.69. The number of benzene rings is 2. The van der Waals surface area contributed by atoms with E-state index in [4.69, 9.17) is 0 Å². The zero-order valence-electron chi connectivity index (χ0n) is 11.1. The number of aryl methyl sites for hydroxylation is 1. The molecule has 1 N–H and O–H groups in total. The molecule has 3 rings (SSSR count). The Hall–Kier alpha value is -2.34. The first kappa shape index (κ1) is 12.7. The van der Waals surface area contributed by atoms with Crippen molar-refractivity contribution in [3.63, 3.8) is 0 Å². The molecule has 0 radical (unpaired) electrons. The second-order valence-electron chi connectivity index (χ2n) is 5.24. The normalized spacial score (nSPS) is 20.8. The van der Waals surface area contributed by atoms with Crippen LogP contribution in [0.3, 0.4) is 0 Å². The fourth-order valence-corrected chi connectivity index (χ4v) is 2.79. The van der Waals surface area contributed by atoms with E-state index >= 15 is 0 Å². The number of para-hydroxylation sites is 1. The molecule has 3 heteroatoms. The van der Waals surface area contributed by atoms with Gasteiger partial charge in [0.1, 0.15) is 11.4 Å². The van der Waals surface area contributed by atoms with Crippen molar-refractivity contribution in [2.24, 2.45) is 0 Å². The van der Waals surface area contributed by atoms with E-state index in [2.05, 4.69) is 17.5 Å². The summed E-state index contributed by atoms with van der Waals surface area (Å²) in [5.41, 5.74) is 2.13. The first-order valence-corrected chi connectivity index (χ1v) is 6.73. The molecular weight excluding hydrogens is 251 g/mol. The smallest absolute Gasteiger partial charge is 0.146 e. The number of halogens is 1. The SMILES string of the molecule is N#CC1(Nc2ccccc2F)CCc2ccccc2C1. The highest BCUT2D eigenvalue weighted by molar-refractivity contribution is 5.51. The molecule has 1 aliphatic rings. The van der Waals surface area contributed by atoms with Gasteiger partial charge >= 0.3 is 0 Å². The third kappa shape index (κ3) is 2.25. The van der Waals surface area contributed by atoms with E-state index in [1.54, 1.807) is 18.2 Å². The Kier molecular flexibility index (Phi) is 3.15. The van der Waals surface area contributed by atoms with Crippen molar-refractivity contribution in [3.05, 3.63) is 65.5 Å². The maximum absolute atomic E-state index is 13.8. The van der Waals surface area contributed by atoms with Crippen LogP contribution in [0.2, 0.25) is 0 Å². The van der Waals surface area contributed by atoms with E-state index in [1.807, 2.05) is 18.2 Å². The van der Waals surface area contributed by atoms with Crippen molar-refractivity contribution in [2.45, 2.75) is 24.8 Å². The predicted molar refractivity (Wildman–Crippen MR) is 76.8 cm³/mol. The van der Waals surface area contributed by atoms with Gasteiger partial charge in [0, 0.05) is 6.42 Å². The molecule has 0 heterocycles. The molecule has 1 aliphatic carbocycles. The van der Waals surface area contributed by atoms with E-state index in [0.29, 0.717) is 18.5 Å². The first-order chi connectivity index (χ1) is 9.72. The number of nitrogens with one attached hydrogen (secondary N) is 1. The molecule has 0 fully saturated rings. The molecule has 2 nitrogen and oxygen atoms in total. The fraction of sp³-hybridized carbons (Fsp3) is 0.235. The van der Waals surface area contributed by atoms with Gasteiger partial charge in [-0.25, -0.2) is 4.39 Å². The van der Waals surface area contributed by atoms with E-state index in [9.17, 15) is 9.65 Å². The molecule has 2 aromatic rings. The Morgan fingerprint density at radius 3 is 2.50 bits per heavy atom. The van der Waals surface area contributed by atoms with Gasteiger partial charge in [-0.05, 0) is 36.1 Å². The largest absolute Gasteiger partial charge is 0.365 e. The van der Waals surface area contributed by atoms with Crippen LogP contribution in [-0.2, 0) is 12.8 Å². The van der Waals surface area contributed by atoms with E-state index in [1.165, 1.54) is 17.2 Å². The summed E-state index contributed by atoms with van der Waals surface area (Å²) < 4.78 is 13.8. The number of nitrogens with zero attached hydrogens (tertiary/aromatic N) is 1. The monoisotopic (exact) mass is 266 g/mol. The number of anilines is 1. The molecular formula is C17H15FN2. The maximum Gasteiger partial charge on any atom is 0.146 e. The molecule has 0 saturated heterocycles. The van der Waals surface area contributed by atoms with Gasteiger partial charge in [-0.1, -0.05) is 36.4 Å². The van der Waals surface area contributed by atoms with Crippen LogP contribution in [0.1, 0.15) is 17.5 Å². The van der Waals surface area contributed by atoms with Gasteiger partial charge in [0.05, 0.1) is 11.8 Å². The minimum atomic E-state index is -0.726. The zero-order chi connectivity index (χ0) is 14.0. The van der Waals surface area contributed by atoms with E-state index < -0.39 is 5.54 Å². The molecule has 0 spiro atoms. The standard InChI is InChI=1S/C17H15FN2/c18-15-7-3-4-8-16(15)20-17(12-19)10-9-13-5-1-2-6-14(13)11-17/h1-8,20H,9-11H2. The Bertz CT molecular complexity index is 675. The summed E-state index contributed by atoms with van der Waals surface area (Å²) in [6.45, 7) is 0. The summed E-state index contributed by atoms with van der Waals surface area (Å²) in [6, 6.07) is 17.0. The summed E-state index contributed by atoms with van der Waals surface area (Å²) in [6.07, 6.45) is 2.13. The van der Waals surface area contributed by atoms with E-state index in [-0.39, 0.29) is 5.82 Å². The average Bonchev–Trinajstić information content (AvgIpc) is 2.49. The van der Waals surface area contributed by atoms with E-state index in [0.717, 1.165) is 6.42 Å². The second-order valence-corrected chi connectivity index (χ2v) is 5.24. The maximum atomic E-state index is 13.8. The Morgan fingerprint density at radius 1 is 1.05 bits per heavy atom. The lowest BCUT2D eigenvalue weighted by molar-refractivity contribution is 0.501. The molecule has 100 valence electrons. The first-order valence-electron chi connectivity index (χ1n) is 6.73. The van der Waals surface area contributed by atoms with Gasteiger partial charge in [0.2, 0.25) is 0 Å². The fourth-order valence-electron chi connectivity index (χ4n) is 2.79. The summed E-state index contributed by atoms with van der Waals surface area (Å²) in [5, 5.41) is 12.7. The topological polar surface area (TPSA) is 35.8 Å². The highest BCUT2D eigenvalue weighted by Crippen LogP contribution is 2.32. The van der Waals surface area contributed by atoms with Crippen molar-refractivity contribution in [1.82, 2.24) is 0 Å². The number of nitriles is 1. The van der Waals surface area contributed by atoms with Crippen LogP contribution in [0.4, 0.5) is 10.1 Å². The van der Waals surface area contributed by atoms with Crippen LogP contribution in [0.5, 0.6) is 0 Å². The van der Waals surface area contributed by atoms with Gasteiger partial charge in [0.25, 0.3) is 0 Å². The van der Waals surface area contributed by atoms with Gasteiger partial charge in [-0.2, -0.15) is 5.26 Å². The highest BCUT2D eigenvalue weighted by Gasteiger charge is 2.34. The Morgan fingerprint density at radius 2 is 1.75 bits per heavy atom. The number of hydrogen-bond acceptors (Lipinski definition) is 2. The zero-order valence-corrected chi connectivity index (χ0v) is 11.1. The van der Waals surface area contributed by atoms with Gasteiger partial charge in [0.15, 0.2) is 0 Å². The van der Waals surface area contributed by atoms with Crippen molar-refractivity contribution in [3.8, 4) is 6.07 Å². The second kappa shape index (κ2) is 4.97. The van der Waals surface area contributed by atoms with Gasteiger partial charge in [-0.15, -0.1) is 0 Å². The third-order valence-corrected chi connectivity index (χ3v) is 3.89. The molecule has 0 saturated carbocycles. The Balaban J connectivity index is 1.91. The highest BCUT2D eigenvalue weighted by atomic mass is 19.1.